The van der Waals surface area contributed by atoms with E-state index < -0.39 is 17.9 Å². The van der Waals surface area contributed by atoms with Crippen LogP contribution in [-0.4, -0.2) is 35.2 Å². The van der Waals surface area contributed by atoms with E-state index in [0.717, 1.165) is 16.9 Å². The highest BCUT2D eigenvalue weighted by atomic mass is 32.1. The predicted molar refractivity (Wildman–Crippen MR) is 138 cm³/mol. The Morgan fingerprint density at radius 2 is 1.92 bits per heavy atom. The molecule has 1 aliphatic rings. The molecular weight excluding hydrogens is 496 g/mol. The molecule has 1 amide bonds. The van der Waals surface area contributed by atoms with Crippen LogP contribution in [0, 0.1) is 13.8 Å². The second kappa shape index (κ2) is 9.36. The number of hydrogen-bond acceptors (Lipinski definition) is 9. The van der Waals surface area contributed by atoms with Gasteiger partial charge in [-0.1, -0.05) is 29.0 Å². The molecule has 3 heterocycles. The number of phenolic OH excluding ortho intramolecular Hbond substituents is 1. The molecule has 37 heavy (non-hydrogen) atoms. The number of hydrogen-bond donors (Lipinski definition) is 1. The summed E-state index contributed by atoms with van der Waals surface area (Å²) in [6.07, 6.45) is 0. The minimum Gasteiger partial charge on any atom is -0.504 e. The number of nitrogens with zero attached hydrogens (tertiary/aromatic N) is 2. The lowest BCUT2D eigenvalue weighted by molar-refractivity contribution is 0.0531. The summed E-state index contributed by atoms with van der Waals surface area (Å²) in [7, 11) is 0. The molecule has 0 saturated carbocycles. The van der Waals surface area contributed by atoms with Gasteiger partial charge in [0.25, 0.3) is 5.91 Å². The van der Waals surface area contributed by atoms with Crippen molar-refractivity contribution in [2.24, 2.45) is 0 Å². The number of aromatic hydroxyl groups is 1. The smallest absolute Gasteiger partial charge is 0.350 e. The number of benzene rings is 2. The Kier molecular flexibility index (Phi) is 6.20. The standard InChI is InChI=1S/C27H24N2O7S/c1-5-34-19-12-15(8-9-17(19)30)21-20-22(31)16-11-13(3)7-10-18(16)36-23(20)25(32)29(21)27-28-14(4)24(37-27)26(33)35-6-2/h7-12,21,30H,5-6H2,1-4H3. The second-order valence-corrected chi connectivity index (χ2v) is 9.52. The Morgan fingerprint density at radius 3 is 2.65 bits per heavy atom. The number of thiazole rings is 1. The Bertz CT molecular complexity index is 1620. The van der Waals surface area contributed by atoms with Crippen molar-refractivity contribution in [1.29, 1.82) is 0 Å². The van der Waals surface area contributed by atoms with Crippen LogP contribution in [0.3, 0.4) is 0 Å². The van der Waals surface area contributed by atoms with Crippen molar-refractivity contribution >= 4 is 39.3 Å². The topological polar surface area (TPSA) is 119 Å². The van der Waals surface area contributed by atoms with Crippen LogP contribution in [0.1, 0.15) is 62.5 Å². The van der Waals surface area contributed by atoms with Crippen molar-refractivity contribution < 1.29 is 28.6 Å². The quantitative estimate of drug-likeness (QED) is 0.357. The van der Waals surface area contributed by atoms with E-state index in [0.29, 0.717) is 28.8 Å². The van der Waals surface area contributed by atoms with Gasteiger partial charge in [-0.25, -0.2) is 9.78 Å². The van der Waals surface area contributed by atoms with Gasteiger partial charge in [-0.2, -0.15) is 0 Å². The van der Waals surface area contributed by atoms with Gasteiger partial charge in [0, 0.05) is 0 Å². The molecule has 190 valence electrons. The number of rotatable bonds is 6. The first-order chi connectivity index (χ1) is 17.7. The molecule has 9 nitrogen and oxygen atoms in total. The van der Waals surface area contributed by atoms with E-state index in [-0.39, 0.29) is 44.9 Å². The molecule has 1 unspecified atom stereocenters. The van der Waals surface area contributed by atoms with E-state index in [1.54, 1.807) is 51.1 Å². The molecule has 5 rings (SSSR count). The summed E-state index contributed by atoms with van der Waals surface area (Å²) < 4.78 is 16.7. The maximum Gasteiger partial charge on any atom is 0.350 e. The molecule has 0 spiro atoms. The van der Waals surface area contributed by atoms with Crippen molar-refractivity contribution in [2.45, 2.75) is 33.7 Å². The summed E-state index contributed by atoms with van der Waals surface area (Å²) in [6.45, 7) is 7.51. The molecular formula is C27H24N2O7S. The maximum atomic E-state index is 13.8. The zero-order valence-electron chi connectivity index (χ0n) is 20.7. The number of fused-ring (bicyclic) bond motifs is 2. The fraction of sp³-hybridized carbons (Fsp3) is 0.259. The summed E-state index contributed by atoms with van der Waals surface area (Å²) in [5, 5.41) is 10.8. The highest BCUT2D eigenvalue weighted by Gasteiger charge is 2.45. The van der Waals surface area contributed by atoms with Crippen molar-refractivity contribution in [3.8, 4) is 11.5 Å². The monoisotopic (exact) mass is 520 g/mol. The van der Waals surface area contributed by atoms with E-state index in [1.165, 1.54) is 11.0 Å². The predicted octanol–water partition coefficient (Wildman–Crippen LogP) is 4.90. The molecule has 10 heteroatoms. The molecule has 0 bridgehead atoms. The molecule has 1 atom stereocenters. The molecule has 0 aliphatic carbocycles. The average Bonchev–Trinajstić information content (AvgIpc) is 3.39. The van der Waals surface area contributed by atoms with Crippen LogP contribution in [0.25, 0.3) is 11.0 Å². The first kappa shape index (κ1) is 24.5. The Balaban J connectivity index is 1.76. The van der Waals surface area contributed by atoms with Crippen LogP contribution in [0.5, 0.6) is 11.5 Å². The van der Waals surface area contributed by atoms with Crippen molar-refractivity contribution in [3.63, 3.8) is 0 Å². The van der Waals surface area contributed by atoms with Crippen LogP contribution in [0.15, 0.2) is 45.6 Å². The lowest BCUT2D eigenvalue weighted by Gasteiger charge is -2.23. The highest BCUT2D eigenvalue weighted by Crippen LogP contribution is 2.44. The van der Waals surface area contributed by atoms with Gasteiger partial charge in [0.1, 0.15) is 10.5 Å². The zero-order chi connectivity index (χ0) is 26.4. The lowest BCUT2D eigenvalue weighted by Crippen LogP contribution is -2.29. The molecule has 2 aromatic heterocycles. The van der Waals surface area contributed by atoms with Crippen LogP contribution < -0.4 is 15.1 Å². The van der Waals surface area contributed by atoms with Crippen LogP contribution >= 0.6 is 11.3 Å². The normalized spacial score (nSPS) is 14.8. The third kappa shape index (κ3) is 4.03. The van der Waals surface area contributed by atoms with Gasteiger partial charge in [0.2, 0.25) is 5.76 Å². The van der Waals surface area contributed by atoms with Gasteiger partial charge in [-0.15, -0.1) is 0 Å². The summed E-state index contributed by atoms with van der Waals surface area (Å²) in [5.41, 5.74) is 1.90. The van der Waals surface area contributed by atoms with Crippen molar-refractivity contribution in [2.75, 3.05) is 18.1 Å². The number of aryl methyl sites for hydroxylation is 2. The number of carbonyl (C=O) groups is 2. The Hall–Kier alpha value is -4.18. The van der Waals surface area contributed by atoms with Gasteiger partial charge in [-0.05, 0) is 57.5 Å². The van der Waals surface area contributed by atoms with E-state index in [1.807, 2.05) is 6.92 Å². The largest absolute Gasteiger partial charge is 0.504 e. The van der Waals surface area contributed by atoms with E-state index in [9.17, 15) is 19.5 Å². The van der Waals surface area contributed by atoms with Crippen LogP contribution in [-0.2, 0) is 4.74 Å². The zero-order valence-corrected chi connectivity index (χ0v) is 21.5. The summed E-state index contributed by atoms with van der Waals surface area (Å²) in [5.74, 6) is -1.05. The third-order valence-corrected chi connectivity index (χ3v) is 7.21. The summed E-state index contributed by atoms with van der Waals surface area (Å²) >= 11 is 1.00. The SMILES string of the molecule is CCOC(=O)c1sc(N2C(=O)c3oc4ccc(C)cc4c(=O)c3C2c2ccc(O)c(OCC)c2)nc1C. The number of aromatic nitrogens is 1. The van der Waals surface area contributed by atoms with E-state index >= 15 is 0 Å². The first-order valence-electron chi connectivity index (χ1n) is 11.8. The van der Waals surface area contributed by atoms with Crippen LogP contribution in [0.4, 0.5) is 5.13 Å². The van der Waals surface area contributed by atoms with E-state index in [4.69, 9.17) is 13.9 Å². The van der Waals surface area contributed by atoms with Gasteiger partial charge in [-0.3, -0.25) is 14.5 Å². The highest BCUT2D eigenvalue weighted by molar-refractivity contribution is 7.17. The van der Waals surface area contributed by atoms with Gasteiger partial charge in [0.15, 0.2) is 22.1 Å². The molecule has 0 radical (unpaired) electrons. The fourth-order valence-corrected chi connectivity index (χ4v) is 5.43. The second-order valence-electron chi connectivity index (χ2n) is 8.54. The number of phenols is 1. The minimum atomic E-state index is -0.927. The van der Waals surface area contributed by atoms with Gasteiger partial charge in [0.05, 0.1) is 35.9 Å². The molecule has 4 aromatic rings. The van der Waals surface area contributed by atoms with Crippen LogP contribution in [0.2, 0.25) is 0 Å². The number of amides is 1. The van der Waals surface area contributed by atoms with Gasteiger partial charge < -0.3 is 19.0 Å². The molecule has 1 N–H and O–H groups in total. The summed E-state index contributed by atoms with van der Waals surface area (Å²) in [4.78, 5) is 46.2. The van der Waals surface area contributed by atoms with Crippen molar-refractivity contribution in [3.05, 3.63) is 79.6 Å². The number of anilines is 1. The molecule has 1 aliphatic heterocycles. The maximum absolute atomic E-state index is 13.8. The average molecular weight is 521 g/mol. The summed E-state index contributed by atoms with van der Waals surface area (Å²) in [6, 6.07) is 8.92. The lowest BCUT2D eigenvalue weighted by atomic mass is 9.98. The third-order valence-electron chi connectivity index (χ3n) is 6.08. The minimum absolute atomic E-state index is 0.0717. The van der Waals surface area contributed by atoms with E-state index in [2.05, 4.69) is 4.98 Å². The Labute approximate surface area is 215 Å². The number of carbonyl (C=O) groups excluding carboxylic acids is 2. The molecule has 0 fully saturated rings. The number of esters is 1. The first-order valence-corrected chi connectivity index (χ1v) is 12.6. The molecule has 0 saturated heterocycles. The van der Waals surface area contributed by atoms with Crippen molar-refractivity contribution in [1.82, 2.24) is 4.98 Å². The number of ether oxygens (including phenoxy) is 2. The Morgan fingerprint density at radius 1 is 1.14 bits per heavy atom. The van der Waals surface area contributed by atoms with Gasteiger partial charge >= 0.3 is 5.97 Å². The fourth-order valence-electron chi connectivity index (χ4n) is 4.44. The molecule has 2 aromatic carbocycles.